The van der Waals surface area contributed by atoms with E-state index in [4.69, 9.17) is 11.0 Å². The Kier molecular flexibility index (Phi) is 3.50. The number of hydrogen-bond acceptors (Lipinski definition) is 3. The minimum absolute atomic E-state index is 0.236. The summed E-state index contributed by atoms with van der Waals surface area (Å²) in [7, 11) is 0. The Morgan fingerprint density at radius 3 is 2.41 bits per heavy atom. The van der Waals surface area contributed by atoms with E-state index in [2.05, 4.69) is 4.98 Å². The largest absolute Gasteiger partial charge is 0.419 e. The van der Waals surface area contributed by atoms with Crippen LogP contribution in [-0.2, 0) is 12.6 Å². The molecular formula is C9H6F5N3. The predicted molar refractivity (Wildman–Crippen MR) is 47.9 cm³/mol. The maximum atomic E-state index is 12.5. The van der Waals surface area contributed by atoms with Crippen LogP contribution in [0.1, 0.15) is 23.2 Å². The number of pyridine rings is 1. The number of rotatable bonds is 2. The minimum atomic E-state index is -4.86. The Labute approximate surface area is 92.7 Å². The molecule has 0 fully saturated rings. The number of anilines is 1. The van der Waals surface area contributed by atoms with Crippen LogP contribution in [0.3, 0.4) is 0 Å². The molecule has 0 amide bonds. The van der Waals surface area contributed by atoms with Gasteiger partial charge in [-0.15, -0.1) is 0 Å². The van der Waals surface area contributed by atoms with Crippen molar-refractivity contribution in [2.24, 2.45) is 0 Å². The Bertz CT molecular complexity index is 461. The monoisotopic (exact) mass is 251 g/mol. The van der Waals surface area contributed by atoms with E-state index in [1.165, 1.54) is 6.07 Å². The van der Waals surface area contributed by atoms with Crippen LogP contribution in [0, 0.1) is 11.3 Å². The third-order valence-electron chi connectivity index (χ3n) is 1.95. The Balaban J connectivity index is 3.41. The zero-order chi connectivity index (χ0) is 13.2. The van der Waals surface area contributed by atoms with E-state index in [1.54, 1.807) is 0 Å². The molecule has 92 valence electrons. The number of nitrogens with zero attached hydrogens (tertiary/aromatic N) is 2. The van der Waals surface area contributed by atoms with E-state index in [0.717, 1.165) is 0 Å². The molecule has 0 bridgehead atoms. The first kappa shape index (κ1) is 13.2. The second-order valence-electron chi connectivity index (χ2n) is 3.09. The van der Waals surface area contributed by atoms with Crippen LogP contribution in [0.2, 0.25) is 0 Å². The van der Waals surface area contributed by atoms with Crippen molar-refractivity contribution in [3.05, 3.63) is 22.9 Å². The molecule has 0 aliphatic heterocycles. The third kappa shape index (κ3) is 2.81. The molecule has 0 unspecified atom stereocenters. The maximum Gasteiger partial charge on any atom is 0.419 e. The van der Waals surface area contributed by atoms with Gasteiger partial charge in [-0.05, 0) is 6.07 Å². The van der Waals surface area contributed by atoms with Crippen molar-refractivity contribution in [1.82, 2.24) is 4.98 Å². The van der Waals surface area contributed by atoms with Gasteiger partial charge in [0.15, 0.2) is 0 Å². The van der Waals surface area contributed by atoms with Crippen LogP contribution < -0.4 is 5.73 Å². The topological polar surface area (TPSA) is 62.7 Å². The van der Waals surface area contributed by atoms with Crippen LogP contribution in [-0.4, -0.2) is 4.98 Å². The SMILES string of the molecule is N#CCc1nc(N)c(C(F)(F)F)cc1C(F)F. The summed E-state index contributed by atoms with van der Waals surface area (Å²) >= 11 is 0. The molecule has 0 atom stereocenters. The molecule has 2 N–H and O–H groups in total. The van der Waals surface area contributed by atoms with Crippen molar-refractivity contribution >= 4 is 5.82 Å². The van der Waals surface area contributed by atoms with Gasteiger partial charge in [0.1, 0.15) is 5.82 Å². The molecule has 0 aliphatic rings. The van der Waals surface area contributed by atoms with Gasteiger partial charge >= 0.3 is 6.18 Å². The van der Waals surface area contributed by atoms with Gasteiger partial charge in [-0.1, -0.05) is 0 Å². The first-order valence-corrected chi connectivity index (χ1v) is 4.29. The van der Waals surface area contributed by atoms with Crippen molar-refractivity contribution in [3.8, 4) is 6.07 Å². The Hall–Kier alpha value is -1.91. The van der Waals surface area contributed by atoms with E-state index in [9.17, 15) is 22.0 Å². The minimum Gasteiger partial charge on any atom is -0.383 e. The van der Waals surface area contributed by atoms with Gasteiger partial charge in [0.2, 0.25) is 0 Å². The lowest BCUT2D eigenvalue weighted by molar-refractivity contribution is -0.137. The summed E-state index contributed by atoms with van der Waals surface area (Å²) in [5, 5.41) is 8.35. The van der Waals surface area contributed by atoms with Crippen LogP contribution in [0.25, 0.3) is 0 Å². The van der Waals surface area contributed by atoms with Gasteiger partial charge in [0.25, 0.3) is 6.43 Å². The van der Waals surface area contributed by atoms with Crippen molar-refractivity contribution in [3.63, 3.8) is 0 Å². The normalized spacial score (nSPS) is 11.6. The highest BCUT2D eigenvalue weighted by molar-refractivity contribution is 5.46. The van der Waals surface area contributed by atoms with E-state index >= 15 is 0 Å². The Morgan fingerprint density at radius 2 is 2.00 bits per heavy atom. The number of nitriles is 1. The second kappa shape index (κ2) is 4.53. The molecule has 0 saturated heterocycles. The molecule has 3 nitrogen and oxygen atoms in total. The summed E-state index contributed by atoms with van der Waals surface area (Å²) in [6.07, 6.45) is -8.53. The summed E-state index contributed by atoms with van der Waals surface area (Å²) < 4.78 is 62.1. The first-order chi connectivity index (χ1) is 7.77. The summed E-state index contributed by atoms with van der Waals surface area (Å²) in [6.45, 7) is 0. The molecule has 1 rings (SSSR count). The van der Waals surface area contributed by atoms with Crippen molar-refractivity contribution in [2.75, 3.05) is 5.73 Å². The highest BCUT2D eigenvalue weighted by Crippen LogP contribution is 2.36. The fraction of sp³-hybridized carbons (Fsp3) is 0.333. The number of nitrogen functional groups attached to an aromatic ring is 1. The van der Waals surface area contributed by atoms with E-state index < -0.39 is 41.7 Å². The van der Waals surface area contributed by atoms with Crippen molar-refractivity contribution < 1.29 is 22.0 Å². The van der Waals surface area contributed by atoms with Gasteiger partial charge in [0, 0.05) is 5.56 Å². The van der Waals surface area contributed by atoms with Crippen LogP contribution in [0.5, 0.6) is 0 Å². The number of nitrogens with two attached hydrogens (primary N) is 1. The quantitative estimate of drug-likeness (QED) is 0.822. The predicted octanol–water partition coefficient (Wildman–Crippen LogP) is 2.69. The average Bonchev–Trinajstić information content (AvgIpc) is 2.15. The summed E-state index contributed by atoms with van der Waals surface area (Å²) in [5.41, 5.74) is 2.24. The van der Waals surface area contributed by atoms with E-state index in [-0.39, 0.29) is 6.07 Å². The Morgan fingerprint density at radius 1 is 1.41 bits per heavy atom. The summed E-state index contributed by atoms with van der Waals surface area (Å²) in [5.74, 6) is -0.910. The highest BCUT2D eigenvalue weighted by Gasteiger charge is 2.35. The molecule has 1 aromatic heterocycles. The van der Waals surface area contributed by atoms with Crippen molar-refractivity contribution in [2.45, 2.75) is 19.0 Å². The molecule has 1 aromatic rings. The molecule has 8 heteroatoms. The standard InChI is InChI=1S/C9H6F5N3/c10-7(11)4-3-5(9(12,13)14)8(16)17-6(4)1-2-15/h3,7H,1H2,(H2,16,17). The number of alkyl halides is 5. The maximum absolute atomic E-state index is 12.5. The lowest BCUT2D eigenvalue weighted by Crippen LogP contribution is -2.13. The molecule has 0 radical (unpaired) electrons. The van der Waals surface area contributed by atoms with Crippen LogP contribution in [0.15, 0.2) is 6.07 Å². The average molecular weight is 251 g/mol. The smallest absolute Gasteiger partial charge is 0.383 e. The number of halogens is 5. The zero-order valence-corrected chi connectivity index (χ0v) is 8.22. The summed E-state index contributed by atoms with van der Waals surface area (Å²) in [6, 6.07) is 1.77. The third-order valence-corrected chi connectivity index (χ3v) is 1.95. The molecule has 0 aliphatic carbocycles. The molecule has 0 spiro atoms. The molecule has 17 heavy (non-hydrogen) atoms. The van der Waals surface area contributed by atoms with Crippen LogP contribution >= 0.6 is 0 Å². The highest BCUT2D eigenvalue weighted by atomic mass is 19.4. The molecule has 0 saturated carbocycles. The lowest BCUT2D eigenvalue weighted by atomic mass is 10.1. The lowest BCUT2D eigenvalue weighted by Gasteiger charge is -2.13. The van der Waals surface area contributed by atoms with Gasteiger partial charge in [-0.2, -0.15) is 18.4 Å². The van der Waals surface area contributed by atoms with Gasteiger partial charge in [-0.3, -0.25) is 0 Å². The fourth-order valence-corrected chi connectivity index (χ4v) is 1.22. The second-order valence-corrected chi connectivity index (χ2v) is 3.09. The molecule has 1 heterocycles. The number of aromatic nitrogens is 1. The van der Waals surface area contributed by atoms with Crippen LogP contribution in [0.4, 0.5) is 27.8 Å². The summed E-state index contributed by atoms with van der Waals surface area (Å²) in [4.78, 5) is 3.21. The molecular weight excluding hydrogens is 245 g/mol. The first-order valence-electron chi connectivity index (χ1n) is 4.29. The van der Waals surface area contributed by atoms with Gasteiger partial charge in [0.05, 0.1) is 23.7 Å². The zero-order valence-electron chi connectivity index (χ0n) is 8.22. The van der Waals surface area contributed by atoms with Gasteiger partial charge < -0.3 is 5.73 Å². The van der Waals surface area contributed by atoms with Crippen molar-refractivity contribution in [1.29, 1.82) is 5.26 Å². The van der Waals surface area contributed by atoms with E-state index in [1.807, 2.05) is 0 Å². The number of hydrogen-bond donors (Lipinski definition) is 1. The fourth-order valence-electron chi connectivity index (χ4n) is 1.22. The van der Waals surface area contributed by atoms with Gasteiger partial charge in [-0.25, -0.2) is 13.8 Å². The van der Waals surface area contributed by atoms with E-state index in [0.29, 0.717) is 0 Å². The molecule has 0 aromatic carbocycles.